The van der Waals surface area contributed by atoms with Gasteiger partial charge < -0.3 is 24.2 Å². The lowest BCUT2D eigenvalue weighted by molar-refractivity contribution is -0.0210. The van der Waals surface area contributed by atoms with Gasteiger partial charge in [-0.2, -0.15) is 0 Å². The Labute approximate surface area is 234 Å². The summed E-state index contributed by atoms with van der Waals surface area (Å²) in [6.07, 6.45) is 7.31. The third kappa shape index (κ3) is 6.41. The Hall–Kier alpha value is -2.42. The molecule has 0 saturated heterocycles. The van der Waals surface area contributed by atoms with Crippen molar-refractivity contribution in [3.63, 3.8) is 0 Å². The minimum Gasteiger partial charge on any atom is -0.496 e. The van der Waals surface area contributed by atoms with Gasteiger partial charge in [0.2, 0.25) is 11.8 Å². The molecule has 4 rings (SSSR count). The number of ether oxygens (including phenoxy) is 3. The molecule has 1 saturated carbocycles. The van der Waals surface area contributed by atoms with Crippen molar-refractivity contribution in [2.24, 2.45) is 5.92 Å². The average molecular weight is 587 g/mol. The van der Waals surface area contributed by atoms with Crippen LogP contribution in [0.15, 0.2) is 40.9 Å². The molecule has 1 N–H and O–H groups in total. The predicted molar refractivity (Wildman–Crippen MR) is 154 cm³/mol. The topological polar surface area (TPSA) is 76.9 Å². The van der Waals surface area contributed by atoms with Gasteiger partial charge in [-0.05, 0) is 57.1 Å². The van der Waals surface area contributed by atoms with Gasteiger partial charge in [-0.25, -0.2) is 9.97 Å². The van der Waals surface area contributed by atoms with E-state index in [4.69, 9.17) is 24.2 Å². The van der Waals surface area contributed by atoms with Gasteiger partial charge in [-0.3, -0.25) is 0 Å². The lowest BCUT2D eigenvalue weighted by Crippen LogP contribution is -2.39. The summed E-state index contributed by atoms with van der Waals surface area (Å²) in [4.78, 5) is 11.8. The Bertz CT molecular complexity index is 1210. The van der Waals surface area contributed by atoms with E-state index in [1.165, 1.54) is 19.3 Å². The molecule has 2 aromatic heterocycles. The van der Waals surface area contributed by atoms with E-state index in [1.54, 1.807) is 27.4 Å². The minimum absolute atomic E-state index is 0.305. The fourth-order valence-electron chi connectivity index (χ4n) is 5.69. The van der Waals surface area contributed by atoms with Gasteiger partial charge in [0.05, 0.1) is 32.5 Å². The van der Waals surface area contributed by atoms with Crippen molar-refractivity contribution in [3.05, 3.63) is 52.1 Å². The summed E-state index contributed by atoms with van der Waals surface area (Å²) in [6.45, 7) is 0.674. The van der Waals surface area contributed by atoms with E-state index < -0.39 is 5.60 Å². The number of nitrogens with zero attached hydrogens (tertiary/aromatic N) is 3. The maximum atomic E-state index is 12.9. The molecule has 1 fully saturated rings. The minimum atomic E-state index is -1.32. The monoisotopic (exact) mass is 585 g/mol. The molecule has 206 valence electrons. The van der Waals surface area contributed by atoms with Gasteiger partial charge in [-0.1, -0.05) is 48.0 Å². The molecule has 1 aliphatic carbocycles. The van der Waals surface area contributed by atoms with Crippen LogP contribution < -0.4 is 14.2 Å². The van der Waals surface area contributed by atoms with Crippen molar-refractivity contribution in [3.8, 4) is 17.5 Å². The van der Waals surface area contributed by atoms with Gasteiger partial charge in [0.1, 0.15) is 11.4 Å². The highest BCUT2D eigenvalue weighted by Gasteiger charge is 2.44. The fraction of sp³-hybridized carbons (Fsp3) is 0.533. The van der Waals surface area contributed by atoms with Crippen LogP contribution in [0.3, 0.4) is 0 Å². The van der Waals surface area contributed by atoms with E-state index in [0.717, 1.165) is 40.2 Å². The molecule has 0 amide bonds. The van der Waals surface area contributed by atoms with Gasteiger partial charge in [0.15, 0.2) is 0 Å². The number of methoxy groups -OCH3 is 3. The highest BCUT2D eigenvalue weighted by atomic mass is 79.9. The van der Waals surface area contributed by atoms with Crippen LogP contribution in [-0.4, -0.2) is 61.9 Å². The SMILES string of the molecule is COc1cc(OC)nc(C(O)(CCN(C)C)C(CC2CCCCC2)c2cc3cc(Br)ccc3nc2OC)c1. The molecule has 1 aliphatic rings. The number of hydrogen-bond acceptors (Lipinski definition) is 7. The standard InChI is InChI=1S/C30H40BrN3O4/c1-34(2)14-13-30(35,27-18-23(36-3)19-28(33-27)37-4)25(15-20-9-7-6-8-10-20)24-17-21-16-22(31)11-12-26(21)32-29(24)38-5/h11-12,16-20,25,35H,6-10,13-15H2,1-5H3. The smallest absolute Gasteiger partial charge is 0.217 e. The Morgan fingerprint density at radius 2 is 1.76 bits per heavy atom. The molecule has 38 heavy (non-hydrogen) atoms. The Morgan fingerprint density at radius 3 is 2.42 bits per heavy atom. The van der Waals surface area contributed by atoms with Gasteiger partial charge >= 0.3 is 0 Å². The summed E-state index contributed by atoms with van der Waals surface area (Å²) < 4.78 is 18.0. The second kappa shape index (κ2) is 12.6. The van der Waals surface area contributed by atoms with Crippen LogP contribution in [0.25, 0.3) is 10.9 Å². The number of rotatable bonds is 11. The normalized spacial score (nSPS) is 16.8. The molecular weight excluding hydrogens is 546 g/mol. The Balaban J connectivity index is 1.94. The number of benzene rings is 1. The molecule has 3 aromatic rings. The molecule has 2 heterocycles. The zero-order valence-electron chi connectivity index (χ0n) is 23.2. The lowest BCUT2D eigenvalue weighted by Gasteiger charge is -2.40. The van der Waals surface area contributed by atoms with E-state index in [0.29, 0.717) is 42.1 Å². The number of aliphatic hydroxyl groups is 1. The van der Waals surface area contributed by atoms with Crippen LogP contribution in [0.5, 0.6) is 17.5 Å². The summed E-state index contributed by atoms with van der Waals surface area (Å²) in [5, 5.41) is 13.9. The summed E-state index contributed by atoms with van der Waals surface area (Å²) in [6, 6.07) is 11.7. The molecule has 0 bridgehead atoms. The molecule has 0 radical (unpaired) electrons. The molecule has 8 heteroatoms. The summed E-state index contributed by atoms with van der Waals surface area (Å²) in [5.41, 5.74) is 0.961. The van der Waals surface area contributed by atoms with Crippen LogP contribution in [0.1, 0.15) is 62.1 Å². The number of pyridine rings is 2. The first kappa shape index (κ1) is 28.6. The molecule has 2 unspecified atom stereocenters. The number of fused-ring (bicyclic) bond motifs is 1. The molecule has 1 aromatic carbocycles. The molecule has 0 spiro atoms. The summed E-state index contributed by atoms with van der Waals surface area (Å²) >= 11 is 3.61. The highest BCUT2D eigenvalue weighted by molar-refractivity contribution is 9.10. The third-order valence-corrected chi connectivity index (χ3v) is 8.31. The third-order valence-electron chi connectivity index (χ3n) is 7.81. The second-order valence-corrected chi connectivity index (χ2v) is 11.5. The molecule has 7 nitrogen and oxygen atoms in total. The zero-order valence-corrected chi connectivity index (χ0v) is 24.8. The van der Waals surface area contributed by atoms with Crippen LogP contribution in [0.4, 0.5) is 0 Å². The van der Waals surface area contributed by atoms with Gasteiger partial charge in [0.25, 0.3) is 0 Å². The van der Waals surface area contributed by atoms with E-state index in [-0.39, 0.29) is 5.92 Å². The molecule has 2 atom stereocenters. The zero-order chi connectivity index (χ0) is 27.3. The maximum absolute atomic E-state index is 12.9. The van der Waals surface area contributed by atoms with Crippen molar-refractivity contribution in [2.45, 2.75) is 56.5 Å². The Morgan fingerprint density at radius 1 is 1.00 bits per heavy atom. The van der Waals surface area contributed by atoms with Gasteiger partial charge in [-0.15, -0.1) is 0 Å². The van der Waals surface area contributed by atoms with Crippen molar-refractivity contribution >= 4 is 26.8 Å². The van der Waals surface area contributed by atoms with Crippen molar-refractivity contribution in [1.29, 1.82) is 0 Å². The number of halogens is 1. The van der Waals surface area contributed by atoms with Crippen molar-refractivity contribution in [2.75, 3.05) is 42.0 Å². The van der Waals surface area contributed by atoms with E-state index in [2.05, 4.69) is 33.0 Å². The van der Waals surface area contributed by atoms with Crippen LogP contribution in [0, 0.1) is 5.92 Å². The first-order valence-corrected chi connectivity index (χ1v) is 14.2. The maximum Gasteiger partial charge on any atom is 0.217 e. The second-order valence-electron chi connectivity index (χ2n) is 10.6. The van der Waals surface area contributed by atoms with E-state index >= 15 is 0 Å². The first-order valence-electron chi connectivity index (χ1n) is 13.4. The predicted octanol–water partition coefficient (Wildman–Crippen LogP) is 6.31. The average Bonchev–Trinajstić information content (AvgIpc) is 2.94. The van der Waals surface area contributed by atoms with Crippen molar-refractivity contribution in [1.82, 2.24) is 14.9 Å². The van der Waals surface area contributed by atoms with Crippen LogP contribution >= 0.6 is 15.9 Å². The molecule has 0 aliphatic heterocycles. The van der Waals surface area contributed by atoms with E-state index in [1.807, 2.05) is 32.3 Å². The summed E-state index contributed by atoms with van der Waals surface area (Å²) in [7, 11) is 8.89. The van der Waals surface area contributed by atoms with Crippen LogP contribution in [-0.2, 0) is 5.60 Å². The first-order chi connectivity index (χ1) is 18.3. The number of hydrogen-bond donors (Lipinski definition) is 1. The number of aromatic nitrogens is 2. The molecular formula is C30H40BrN3O4. The quantitative estimate of drug-likeness (QED) is 0.282. The lowest BCUT2D eigenvalue weighted by atomic mass is 9.70. The van der Waals surface area contributed by atoms with Gasteiger partial charge in [0, 0.05) is 40.0 Å². The van der Waals surface area contributed by atoms with Crippen molar-refractivity contribution < 1.29 is 19.3 Å². The van der Waals surface area contributed by atoms with E-state index in [9.17, 15) is 5.11 Å². The summed E-state index contributed by atoms with van der Waals surface area (Å²) in [5.74, 6) is 1.74. The largest absolute Gasteiger partial charge is 0.496 e. The Kier molecular flexibility index (Phi) is 9.50. The fourth-order valence-corrected chi connectivity index (χ4v) is 6.07. The highest BCUT2D eigenvalue weighted by Crippen LogP contribution is 2.49. The van der Waals surface area contributed by atoms with Crippen LogP contribution in [0.2, 0.25) is 0 Å².